The summed E-state index contributed by atoms with van der Waals surface area (Å²) in [4.78, 5) is 14.2. The lowest BCUT2D eigenvalue weighted by Crippen LogP contribution is -2.36. The monoisotopic (exact) mass is 433 g/mol. The van der Waals surface area contributed by atoms with Crippen LogP contribution in [0.4, 0.5) is 4.39 Å². The fourth-order valence-corrected chi connectivity index (χ4v) is 5.11. The highest BCUT2D eigenvalue weighted by molar-refractivity contribution is 7.89. The van der Waals surface area contributed by atoms with Gasteiger partial charge in [0.15, 0.2) is 0 Å². The smallest absolute Gasteiger partial charge is 0.251 e. The maximum absolute atomic E-state index is 14.3. The van der Waals surface area contributed by atoms with Gasteiger partial charge in [-0.25, -0.2) is 12.8 Å². The molecule has 0 spiro atoms. The fourth-order valence-electron chi connectivity index (χ4n) is 3.50. The second-order valence-electron chi connectivity index (χ2n) is 7.85. The molecule has 1 aliphatic rings. The maximum atomic E-state index is 14.3. The fraction of sp³-hybridized carbons (Fsp3) is 0.409. The van der Waals surface area contributed by atoms with Crippen LogP contribution in [-0.4, -0.2) is 50.7 Å². The minimum atomic E-state index is -3.96. The first kappa shape index (κ1) is 22.4. The van der Waals surface area contributed by atoms with Crippen molar-refractivity contribution in [2.24, 2.45) is 0 Å². The molecule has 30 heavy (non-hydrogen) atoms. The molecule has 0 saturated carbocycles. The Morgan fingerprint density at radius 2 is 1.67 bits per heavy atom. The molecule has 0 bridgehead atoms. The summed E-state index contributed by atoms with van der Waals surface area (Å²) in [5, 5.41) is 2.77. The predicted molar refractivity (Wildman–Crippen MR) is 114 cm³/mol. The van der Waals surface area contributed by atoms with Gasteiger partial charge in [-0.05, 0) is 56.3 Å². The normalized spacial score (nSPS) is 15.3. The minimum absolute atomic E-state index is 0.121. The number of benzene rings is 2. The number of piperidine rings is 1. The van der Waals surface area contributed by atoms with Crippen LogP contribution in [0.5, 0.6) is 0 Å². The van der Waals surface area contributed by atoms with Crippen LogP contribution in [0.1, 0.15) is 40.7 Å². The van der Waals surface area contributed by atoms with E-state index in [0.29, 0.717) is 19.6 Å². The topological polar surface area (TPSA) is 69.7 Å². The predicted octanol–water partition coefficient (Wildman–Crippen LogP) is 2.99. The number of hydrogen-bond donors (Lipinski definition) is 1. The summed E-state index contributed by atoms with van der Waals surface area (Å²) in [6.45, 7) is 1.88. The molecule has 8 heteroatoms. The van der Waals surface area contributed by atoms with Crippen LogP contribution in [-0.2, 0) is 23.1 Å². The lowest BCUT2D eigenvalue weighted by molar-refractivity contribution is 0.0950. The number of sulfonamides is 1. The molecule has 1 saturated heterocycles. The highest BCUT2D eigenvalue weighted by Gasteiger charge is 2.29. The van der Waals surface area contributed by atoms with Crippen molar-refractivity contribution in [2.75, 3.05) is 27.2 Å². The van der Waals surface area contributed by atoms with Gasteiger partial charge in [0.1, 0.15) is 10.7 Å². The summed E-state index contributed by atoms with van der Waals surface area (Å²) in [6, 6.07) is 11.4. The number of nitrogens with zero attached hydrogens (tertiary/aromatic N) is 2. The third-order valence-electron chi connectivity index (χ3n) is 5.10. The second kappa shape index (κ2) is 9.68. The maximum Gasteiger partial charge on any atom is 0.251 e. The molecule has 0 aliphatic carbocycles. The van der Waals surface area contributed by atoms with E-state index in [2.05, 4.69) is 10.2 Å². The van der Waals surface area contributed by atoms with E-state index in [9.17, 15) is 17.6 Å². The lowest BCUT2D eigenvalue weighted by atomic mass is 10.1. The molecule has 0 aromatic heterocycles. The lowest BCUT2D eigenvalue weighted by Gasteiger charge is -2.26. The van der Waals surface area contributed by atoms with E-state index in [1.165, 1.54) is 15.9 Å². The van der Waals surface area contributed by atoms with Gasteiger partial charge in [-0.15, -0.1) is 0 Å². The summed E-state index contributed by atoms with van der Waals surface area (Å²) >= 11 is 0. The summed E-state index contributed by atoms with van der Waals surface area (Å²) < 4.78 is 41.3. The van der Waals surface area contributed by atoms with Gasteiger partial charge in [-0.2, -0.15) is 4.31 Å². The Balaban J connectivity index is 1.70. The average molecular weight is 434 g/mol. The van der Waals surface area contributed by atoms with Gasteiger partial charge in [0.2, 0.25) is 10.0 Å². The number of carbonyl (C=O) groups is 1. The summed E-state index contributed by atoms with van der Waals surface area (Å²) in [5.74, 6) is -1.28. The summed E-state index contributed by atoms with van der Waals surface area (Å²) in [5.41, 5.74) is 2.21. The Bertz CT molecular complexity index is 985. The SMILES string of the molecule is CN(C)Cc1ccc(CNC(=O)c2ccc(F)c(S(=O)(=O)N3CCCCC3)c2)cc1. The molecule has 162 valence electrons. The zero-order chi connectivity index (χ0) is 21.7. The minimum Gasteiger partial charge on any atom is -0.348 e. The Morgan fingerprint density at radius 3 is 2.30 bits per heavy atom. The number of rotatable bonds is 7. The Kier molecular flexibility index (Phi) is 7.23. The molecular formula is C22H28FN3O3S. The number of hydrogen-bond acceptors (Lipinski definition) is 4. The summed E-state index contributed by atoms with van der Waals surface area (Å²) in [6.07, 6.45) is 2.48. The third-order valence-corrected chi connectivity index (χ3v) is 7.01. The molecule has 2 aromatic rings. The van der Waals surface area contributed by atoms with Crippen LogP contribution in [0.15, 0.2) is 47.4 Å². The highest BCUT2D eigenvalue weighted by Crippen LogP contribution is 2.24. The van der Waals surface area contributed by atoms with Crippen molar-refractivity contribution >= 4 is 15.9 Å². The molecular weight excluding hydrogens is 405 g/mol. The van der Waals surface area contributed by atoms with Gasteiger partial charge in [-0.3, -0.25) is 4.79 Å². The third kappa shape index (κ3) is 5.44. The molecule has 0 radical (unpaired) electrons. The van der Waals surface area contributed by atoms with Crippen molar-refractivity contribution in [3.05, 3.63) is 65.0 Å². The zero-order valence-corrected chi connectivity index (χ0v) is 18.2. The van der Waals surface area contributed by atoms with Crippen molar-refractivity contribution in [3.8, 4) is 0 Å². The first-order chi connectivity index (χ1) is 14.3. The van der Waals surface area contributed by atoms with Gasteiger partial charge in [0, 0.05) is 31.7 Å². The van der Waals surface area contributed by atoms with E-state index < -0.39 is 26.6 Å². The molecule has 0 atom stereocenters. The molecule has 1 heterocycles. The van der Waals surface area contributed by atoms with Gasteiger partial charge >= 0.3 is 0 Å². The van der Waals surface area contributed by atoms with Crippen molar-refractivity contribution in [1.82, 2.24) is 14.5 Å². The molecule has 2 aromatic carbocycles. The average Bonchev–Trinajstić information content (AvgIpc) is 2.73. The van der Waals surface area contributed by atoms with Crippen molar-refractivity contribution in [3.63, 3.8) is 0 Å². The number of carbonyl (C=O) groups excluding carboxylic acids is 1. The first-order valence-electron chi connectivity index (χ1n) is 10.1. The molecule has 3 rings (SSSR count). The number of halogens is 1. The van der Waals surface area contributed by atoms with E-state index in [0.717, 1.165) is 43.5 Å². The second-order valence-corrected chi connectivity index (χ2v) is 9.75. The Hall–Kier alpha value is -2.29. The van der Waals surface area contributed by atoms with Crippen LogP contribution in [0.2, 0.25) is 0 Å². The molecule has 1 N–H and O–H groups in total. The van der Waals surface area contributed by atoms with Gasteiger partial charge in [-0.1, -0.05) is 30.7 Å². The van der Waals surface area contributed by atoms with Crippen LogP contribution in [0.25, 0.3) is 0 Å². The van der Waals surface area contributed by atoms with Crippen molar-refractivity contribution in [1.29, 1.82) is 0 Å². The molecule has 1 amide bonds. The Morgan fingerprint density at radius 1 is 1.03 bits per heavy atom. The number of nitrogens with one attached hydrogen (secondary N) is 1. The molecule has 6 nitrogen and oxygen atoms in total. The van der Waals surface area contributed by atoms with Crippen molar-refractivity contribution < 1.29 is 17.6 Å². The van der Waals surface area contributed by atoms with Gasteiger partial charge in [0.05, 0.1) is 0 Å². The quantitative estimate of drug-likeness (QED) is 0.729. The van der Waals surface area contributed by atoms with Crippen molar-refractivity contribution in [2.45, 2.75) is 37.2 Å². The number of amides is 1. The van der Waals surface area contributed by atoms with E-state index in [1.807, 2.05) is 38.4 Å². The zero-order valence-electron chi connectivity index (χ0n) is 17.4. The molecule has 1 aliphatic heterocycles. The molecule has 1 fully saturated rings. The largest absolute Gasteiger partial charge is 0.348 e. The Labute approximate surface area is 177 Å². The first-order valence-corrected chi connectivity index (χ1v) is 11.5. The van der Waals surface area contributed by atoms with E-state index in [1.54, 1.807) is 0 Å². The van der Waals surface area contributed by atoms with Gasteiger partial charge < -0.3 is 10.2 Å². The van der Waals surface area contributed by atoms with E-state index >= 15 is 0 Å². The van der Waals surface area contributed by atoms with Crippen LogP contribution < -0.4 is 5.32 Å². The molecule has 0 unspecified atom stereocenters. The summed E-state index contributed by atoms with van der Waals surface area (Å²) in [7, 11) is 0.0369. The van der Waals surface area contributed by atoms with Crippen LogP contribution >= 0.6 is 0 Å². The van der Waals surface area contributed by atoms with Gasteiger partial charge in [0.25, 0.3) is 5.91 Å². The standard InChI is InChI=1S/C22H28FN3O3S/c1-25(2)16-18-8-6-17(7-9-18)15-24-22(27)19-10-11-20(23)21(14-19)30(28,29)26-12-4-3-5-13-26/h6-11,14H,3-5,12-13,15-16H2,1-2H3,(H,24,27). The van der Waals surface area contributed by atoms with E-state index in [4.69, 9.17) is 0 Å². The van der Waals surface area contributed by atoms with Crippen LogP contribution in [0, 0.1) is 5.82 Å². The highest BCUT2D eigenvalue weighted by atomic mass is 32.2. The van der Waals surface area contributed by atoms with E-state index in [-0.39, 0.29) is 5.56 Å². The van der Waals surface area contributed by atoms with Crippen LogP contribution in [0.3, 0.4) is 0 Å².